The van der Waals surface area contributed by atoms with E-state index in [0.29, 0.717) is 28.2 Å². The molecule has 0 bridgehead atoms. The van der Waals surface area contributed by atoms with Crippen LogP contribution >= 0.6 is 45.8 Å². The number of halogens is 3. The summed E-state index contributed by atoms with van der Waals surface area (Å²) < 4.78 is 12.7. The third-order valence-electron chi connectivity index (χ3n) is 5.88. The molecule has 0 unspecified atom stereocenters. The monoisotopic (exact) mass is 614 g/mol. The van der Waals surface area contributed by atoms with E-state index in [2.05, 4.69) is 27.9 Å². The van der Waals surface area contributed by atoms with E-state index in [9.17, 15) is 9.59 Å². The van der Waals surface area contributed by atoms with Gasteiger partial charge in [0, 0.05) is 21.7 Å². The topological polar surface area (TPSA) is 67.9 Å². The SMILES string of the molecule is CCOc1cc(/C=C2\NC(=O)N(C3CCCCC3)C2=O)cc(I)c1OCc1ccc(Cl)cc1Cl. The highest BCUT2D eigenvalue weighted by Crippen LogP contribution is 2.36. The lowest BCUT2D eigenvalue weighted by Gasteiger charge is -2.28. The molecule has 6 nitrogen and oxygen atoms in total. The number of rotatable bonds is 7. The third-order valence-corrected chi connectivity index (χ3v) is 7.27. The van der Waals surface area contributed by atoms with Crippen LogP contribution in [-0.2, 0) is 11.4 Å². The first-order chi connectivity index (χ1) is 16.4. The molecule has 0 atom stereocenters. The Balaban J connectivity index is 1.56. The van der Waals surface area contributed by atoms with Gasteiger partial charge < -0.3 is 14.8 Å². The number of ether oxygens (including phenoxy) is 2. The molecule has 34 heavy (non-hydrogen) atoms. The van der Waals surface area contributed by atoms with Gasteiger partial charge in [0.25, 0.3) is 5.91 Å². The lowest BCUT2D eigenvalue weighted by Crippen LogP contribution is -2.41. The van der Waals surface area contributed by atoms with Crippen LogP contribution < -0.4 is 14.8 Å². The van der Waals surface area contributed by atoms with Crippen molar-refractivity contribution in [2.24, 2.45) is 0 Å². The fourth-order valence-electron chi connectivity index (χ4n) is 4.25. The molecular formula is C25H25Cl2IN2O4. The third kappa shape index (κ3) is 5.63. The molecule has 2 fully saturated rings. The normalized spacial score (nSPS) is 17.9. The van der Waals surface area contributed by atoms with Gasteiger partial charge in [0.2, 0.25) is 0 Å². The van der Waals surface area contributed by atoms with Crippen LogP contribution in [0.15, 0.2) is 36.0 Å². The van der Waals surface area contributed by atoms with Crippen LogP contribution in [0.4, 0.5) is 4.79 Å². The predicted octanol–water partition coefficient (Wildman–Crippen LogP) is 6.80. The minimum Gasteiger partial charge on any atom is -0.490 e. The van der Waals surface area contributed by atoms with Gasteiger partial charge in [0.1, 0.15) is 12.3 Å². The van der Waals surface area contributed by atoms with Crippen LogP contribution in [0.25, 0.3) is 6.08 Å². The summed E-state index contributed by atoms with van der Waals surface area (Å²) in [4.78, 5) is 26.9. The summed E-state index contributed by atoms with van der Waals surface area (Å²) in [6, 6.07) is 8.58. The maximum atomic E-state index is 13.0. The van der Waals surface area contributed by atoms with Crippen LogP contribution in [0.5, 0.6) is 11.5 Å². The maximum absolute atomic E-state index is 13.0. The summed E-state index contributed by atoms with van der Waals surface area (Å²) in [5.74, 6) is 0.857. The highest BCUT2D eigenvalue weighted by Gasteiger charge is 2.39. The van der Waals surface area contributed by atoms with Gasteiger partial charge in [-0.1, -0.05) is 48.5 Å². The molecule has 0 aromatic heterocycles. The van der Waals surface area contributed by atoms with Gasteiger partial charge in [0.05, 0.1) is 10.2 Å². The number of amides is 3. The summed E-state index contributed by atoms with van der Waals surface area (Å²) in [5.41, 5.74) is 1.81. The van der Waals surface area contributed by atoms with Crippen molar-refractivity contribution in [1.29, 1.82) is 0 Å². The molecule has 2 aliphatic rings. The van der Waals surface area contributed by atoms with E-state index < -0.39 is 0 Å². The van der Waals surface area contributed by atoms with E-state index in [1.54, 1.807) is 24.3 Å². The zero-order valence-corrected chi connectivity index (χ0v) is 22.4. The molecule has 1 aliphatic heterocycles. The zero-order chi connectivity index (χ0) is 24.2. The van der Waals surface area contributed by atoms with E-state index in [1.165, 1.54) is 4.90 Å². The Bertz CT molecular complexity index is 1130. The molecule has 1 aliphatic carbocycles. The number of imide groups is 1. The van der Waals surface area contributed by atoms with Gasteiger partial charge in [-0.2, -0.15) is 0 Å². The van der Waals surface area contributed by atoms with Gasteiger partial charge in [0.15, 0.2) is 11.5 Å². The molecule has 1 saturated carbocycles. The first kappa shape index (κ1) is 25.1. The fraction of sp³-hybridized carbons (Fsp3) is 0.360. The molecule has 2 aromatic carbocycles. The lowest BCUT2D eigenvalue weighted by molar-refractivity contribution is -0.124. The molecule has 9 heteroatoms. The minimum absolute atomic E-state index is 0.0262. The largest absolute Gasteiger partial charge is 0.490 e. The molecule has 4 rings (SSSR count). The van der Waals surface area contributed by atoms with Crippen LogP contribution in [0, 0.1) is 3.57 Å². The van der Waals surface area contributed by atoms with Gasteiger partial charge >= 0.3 is 6.03 Å². The summed E-state index contributed by atoms with van der Waals surface area (Å²) in [7, 11) is 0. The van der Waals surface area contributed by atoms with Crippen molar-refractivity contribution in [2.75, 3.05) is 6.61 Å². The first-order valence-corrected chi connectivity index (χ1v) is 13.1. The van der Waals surface area contributed by atoms with Gasteiger partial charge in [-0.25, -0.2) is 4.79 Å². The summed E-state index contributed by atoms with van der Waals surface area (Å²) in [6.07, 6.45) is 6.65. The van der Waals surface area contributed by atoms with Crippen molar-refractivity contribution < 1.29 is 19.1 Å². The number of benzene rings is 2. The molecular weight excluding hydrogens is 590 g/mol. The number of urea groups is 1. The Morgan fingerprint density at radius 1 is 1.12 bits per heavy atom. The van der Waals surface area contributed by atoms with Crippen molar-refractivity contribution in [3.8, 4) is 11.5 Å². The maximum Gasteiger partial charge on any atom is 0.329 e. The molecule has 2 aromatic rings. The van der Waals surface area contributed by atoms with Crippen LogP contribution in [0.3, 0.4) is 0 Å². The van der Waals surface area contributed by atoms with E-state index in [1.807, 2.05) is 19.1 Å². The second-order valence-electron chi connectivity index (χ2n) is 8.24. The van der Waals surface area contributed by atoms with E-state index in [0.717, 1.165) is 46.8 Å². The smallest absolute Gasteiger partial charge is 0.329 e. The van der Waals surface area contributed by atoms with E-state index >= 15 is 0 Å². The van der Waals surface area contributed by atoms with Crippen molar-refractivity contribution in [3.05, 3.63) is 60.8 Å². The van der Waals surface area contributed by atoms with Crippen molar-refractivity contribution in [2.45, 2.75) is 51.7 Å². The van der Waals surface area contributed by atoms with E-state index in [4.69, 9.17) is 32.7 Å². The fourth-order valence-corrected chi connectivity index (χ4v) is 5.49. The number of carbonyl (C=O) groups excluding carboxylic acids is 2. The Hall–Kier alpha value is -1.97. The standard InChI is InChI=1S/C25H25Cl2IN2O4/c1-2-33-22-12-15(10-20(28)23(22)34-14-16-8-9-17(26)13-19(16)27)11-21-24(31)30(25(32)29-21)18-6-4-3-5-7-18/h8-13,18H,2-7,14H2,1H3,(H,29,32)/b21-11-. The number of carbonyl (C=O) groups is 2. The number of hydrogen-bond acceptors (Lipinski definition) is 4. The number of nitrogens with one attached hydrogen (secondary N) is 1. The van der Waals surface area contributed by atoms with Crippen LogP contribution in [-0.4, -0.2) is 29.5 Å². The first-order valence-electron chi connectivity index (χ1n) is 11.3. The number of nitrogens with zero attached hydrogens (tertiary/aromatic N) is 1. The second kappa shape index (κ2) is 11.2. The van der Waals surface area contributed by atoms with Gasteiger partial charge in [-0.15, -0.1) is 0 Å². The van der Waals surface area contributed by atoms with Crippen molar-refractivity contribution in [1.82, 2.24) is 10.2 Å². The molecule has 180 valence electrons. The quantitative estimate of drug-likeness (QED) is 0.212. The Morgan fingerprint density at radius 2 is 1.88 bits per heavy atom. The van der Waals surface area contributed by atoms with Gasteiger partial charge in [-0.05, 0) is 78.3 Å². The highest BCUT2D eigenvalue weighted by molar-refractivity contribution is 14.1. The van der Waals surface area contributed by atoms with Crippen LogP contribution in [0.1, 0.15) is 50.2 Å². The Labute approximate surface area is 222 Å². The molecule has 1 saturated heterocycles. The minimum atomic E-state index is -0.345. The van der Waals surface area contributed by atoms with Crippen molar-refractivity contribution >= 4 is 63.8 Å². The lowest BCUT2D eigenvalue weighted by atomic mass is 9.94. The molecule has 3 amide bonds. The summed E-state index contributed by atoms with van der Waals surface area (Å²) in [6.45, 7) is 2.58. The Kier molecular flexibility index (Phi) is 8.26. The average Bonchev–Trinajstić information content (AvgIpc) is 3.08. The van der Waals surface area contributed by atoms with Crippen LogP contribution in [0.2, 0.25) is 10.0 Å². The van der Waals surface area contributed by atoms with Gasteiger partial charge in [-0.3, -0.25) is 9.69 Å². The zero-order valence-electron chi connectivity index (χ0n) is 18.7. The molecule has 1 N–H and O–H groups in total. The molecule has 0 spiro atoms. The van der Waals surface area contributed by atoms with E-state index in [-0.39, 0.29) is 30.3 Å². The Morgan fingerprint density at radius 3 is 2.59 bits per heavy atom. The molecule has 0 radical (unpaired) electrons. The predicted molar refractivity (Wildman–Crippen MR) is 141 cm³/mol. The summed E-state index contributed by atoms with van der Waals surface area (Å²) >= 11 is 14.4. The average molecular weight is 615 g/mol. The summed E-state index contributed by atoms with van der Waals surface area (Å²) in [5, 5.41) is 3.83. The van der Waals surface area contributed by atoms with Crippen molar-refractivity contribution in [3.63, 3.8) is 0 Å². The second-order valence-corrected chi connectivity index (χ2v) is 10.2. The highest BCUT2D eigenvalue weighted by atomic mass is 127. The molecule has 1 heterocycles. The number of hydrogen-bond donors (Lipinski definition) is 1.